The van der Waals surface area contributed by atoms with Gasteiger partial charge in [-0.3, -0.25) is 24.1 Å². The predicted molar refractivity (Wildman–Crippen MR) is 318 cm³/mol. The molecule has 7 N–H and O–H groups in total. The number of hydrogen-bond acceptors (Lipinski definition) is 19. The predicted octanol–water partition coefficient (Wildman–Crippen LogP) is 5.40. The van der Waals surface area contributed by atoms with E-state index in [1.807, 2.05) is 69.2 Å². The summed E-state index contributed by atoms with van der Waals surface area (Å²) in [6, 6.07) is 9.32. The average Bonchev–Trinajstić information content (AvgIpc) is 2.80. The van der Waals surface area contributed by atoms with Gasteiger partial charge in [-0.1, -0.05) is 12.1 Å². The third kappa shape index (κ3) is 25.5. The number of nitrogens with zero attached hydrogens (tertiary/aromatic N) is 1. The number of carbonyl (C=O) groups is 6. The highest BCUT2D eigenvalue weighted by Crippen LogP contribution is 2.32. The zero-order valence-corrected chi connectivity index (χ0v) is 52.5. The Morgan fingerprint density at radius 3 is 1.27 bits per heavy atom. The number of aliphatic carboxylic acids is 2. The molecule has 2 amide bonds. The van der Waals surface area contributed by atoms with Crippen LogP contribution < -0.4 is 20.1 Å². The molecule has 2 aromatic rings. The molecule has 23 nitrogen and oxygen atoms in total. The average molecular weight is 1200 g/mol. The van der Waals surface area contributed by atoms with Crippen molar-refractivity contribution in [2.75, 3.05) is 39.5 Å². The van der Waals surface area contributed by atoms with Crippen molar-refractivity contribution in [3.63, 3.8) is 0 Å². The third-order valence-corrected chi connectivity index (χ3v) is 15.2. The maximum Gasteiger partial charge on any atom is 0.333 e. The van der Waals surface area contributed by atoms with Gasteiger partial charge in [0.15, 0.2) is 12.2 Å². The van der Waals surface area contributed by atoms with Crippen LogP contribution in [0.5, 0.6) is 11.5 Å². The fraction of sp³-hybridized carbons (Fsp3) is 0.700. The molecule has 0 aliphatic carbocycles. The Bertz CT molecular complexity index is 2410. The minimum Gasteiger partial charge on any atom is -0.479 e. The lowest BCUT2D eigenvalue weighted by Gasteiger charge is -2.42. The summed E-state index contributed by atoms with van der Waals surface area (Å²) < 4.78 is 53.0. The second-order valence-corrected chi connectivity index (χ2v) is 26.0. The van der Waals surface area contributed by atoms with E-state index in [0.29, 0.717) is 69.3 Å². The van der Waals surface area contributed by atoms with Gasteiger partial charge in [0.25, 0.3) is 11.8 Å². The van der Waals surface area contributed by atoms with E-state index < -0.39 is 100 Å². The summed E-state index contributed by atoms with van der Waals surface area (Å²) in [7, 11) is 2.55. The number of amides is 2. The SMILES string of the molecule is BC(=O)OCc1ccc(OC2CC(O)CC(C(=O)O)O2)c(C(=O)NC(C)(C)CCOC(C)(C)CCN(CCC(C)(C)OCCC(C)(C)NC(=O)c2cc(COC(B)=O)ccc2OC2CC(O)CC(C(=O)O)O2)C(C)(C)CCOC(C)(C)CCO)c1. The summed E-state index contributed by atoms with van der Waals surface area (Å²) in [5.41, 5.74) is -2.52. The molecule has 85 heavy (non-hydrogen) atoms. The Morgan fingerprint density at radius 2 is 0.918 bits per heavy atom. The van der Waals surface area contributed by atoms with Gasteiger partial charge in [-0.05, 0) is 157 Å². The Balaban J connectivity index is 1.41. The van der Waals surface area contributed by atoms with Gasteiger partial charge in [0.1, 0.15) is 24.7 Å². The van der Waals surface area contributed by atoms with Crippen molar-refractivity contribution in [3.8, 4) is 11.5 Å². The van der Waals surface area contributed by atoms with Crippen molar-refractivity contribution in [2.45, 2.75) is 231 Å². The van der Waals surface area contributed by atoms with E-state index in [1.54, 1.807) is 12.1 Å². The number of nitrogens with one attached hydrogen (secondary N) is 2. The molecule has 0 saturated carbocycles. The lowest BCUT2D eigenvalue weighted by molar-refractivity contribution is -0.195. The molecule has 6 unspecified atom stereocenters. The fourth-order valence-electron chi connectivity index (χ4n) is 9.52. The van der Waals surface area contributed by atoms with Crippen LogP contribution in [-0.2, 0) is 56.0 Å². The van der Waals surface area contributed by atoms with E-state index in [0.717, 1.165) is 0 Å². The molecule has 0 bridgehead atoms. The number of aliphatic hydroxyl groups excluding tert-OH is 3. The molecule has 2 aliphatic rings. The second kappa shape index (κ2) is 31.5. The number of aliphatic hydroxyl groups is 3. The summed E-state index contributed by atoms with van der Waals surface area (Å²) in [5, 5.41) is 55.7. The number of carboxylic acids is 2. The van der Waals surface area contributed by atoms with Crippen LogP contribution in [0.15, 0.2) is 36.4 Å². The first-order valence-electron chi connectivity index (χ1n) is 29.3. The summed E-state index contributed by atoms with van der Waals surface area (Å²) in [4.78, 5) is 77.3. The zero-order valence-electron chi connectivity index (χ0n) is 52.5. The maximum atomic E-state index is 14.1. The minimum absolute atomic E-state index is 0.00640. The summed E-state index contributed by atoms with van der Waals surface area (Å²) in [6.07, 6.45) is -3.88. The van der Waals surface area contributed by atoms with Gasteiger partial charge in [0.05, 0.1) is 40.1 Å². The standard InChI is InChI=1S/C60H95B2N3O20/c1-55(2,63-49(69)41-29-37(35-77-53(61)75)13-15-43(41)82-47-33-39(67)31-45(84-47)51(71)72)20-26-79-58(7,8)17-23-65(57(5,6)22-28-81-60(11,12)19-25-66)24-18-59(9,10)80-27-21-56(3,4)64-50(70)42-30-38(36-78-54(62)76)14-16-44(42)83-48-34-40(68)32-46(85-48)52(73)74/h13-16,29-30,39-40,45-48,66-68H,17-28,31-36,61-62H2,1-12H3,(H,63,69)(H,64,70)(H,71,72)(H,73,74). The van der Waals surface area contributed by atoms with Crippen LogP contribution in [0.4, 0.5) is 9.59 Å². The van der Waals surface area contributed by atoms with Gasteiger partial charge in [0.2, 0.25) is 40.0 Å². The van der Waals surface area contributed by atoms with Gasteiger partial charge in [-0.25, -0.2) is 9.59 Å². The molecule has 0 radical (unpaired) electrons. The highest BCUT2D eigenvalue weighted by Gasteiger charge is 2.38. The van der Waals surface area contributed by atoms with Crippen molar-refractivity contribution in [2.24, 2.45) is 0 Å². The van der Waals surface area contributed by atoms with Crippen molar-refractivity contribution >= 4 is 51.2 Å². The first-order chi connectivity index (χ1) is 39.4. The highest BCUT2D eigenvalue weighted by molar-refractivity contribution is 6.55. The van der Waals surface area contributed by atoms with Crippen LogP contribution in [0.3, 0.4) is 0 Å². The molecule has 6 atom stereocenters. The maximum absolute atomic E-state index is 14.1. The van der Waals surface area contributed by atoms with Gasteiger partial charge < -0.3 is 78.8 Å². The van der Waals surface area contributed by atoms with Crippen molar-refractivity contribution in [1.82, 2.24) is 15.5 Å². The molecule has 0 aromatic heterocycles. The highest BCUT2D eigenvalue weighted by atomic mass is 16.7. The first kappa shape index (κ1) is 72.1. The molecule has 2 fully saturated rings. The van der Waals surface area contributed by atoms with Crippen LogP contribution in [0.2, 0.25) is 0 Å². The van der Waals surface area contributed by atoms with Crippen LogP contribution >= 0.6 is 0 Å². The molecule has 0 spiro atoms. The normalized spacial score (nSPS) is 19.9. The molecule has 2 saturated heterocycles. The number of hydrogen-bond donors (Lipinski definition) is 7. The van der Waals surface area contributed by atoms with Crippen molar-refractivity contribution in [3.05, 3.63) is 58.7 Å². The van der Waals surface area contributed by atoms with E-state index in [1.165, 1.54) is 40.0 Å². The number of rotatable bonds is 35. The van der Waals surface area contributed by atoms with Crippen LogP contribution in [0.1, 0.15) is 179 Å². The van der Waals surface area contributed by atoms with Crippen LogP contribution in [-0.4, -0.2) is 192 Å². The Morgan fingerprint density at radius 1 is 0.553 bits per heavy atom. The molecular weight excluding hydrogens is 1100 g/mol. The van der Waals surface area contributed by atoms with E-state index in [9.17, 15) is 54.3 Å². The molecule has 2 aromatic carbocycles. The topological polar surface area (TPSA) is 314 Å². The van der Waals surface area contributed by atoms with Crippen molar-refractivity contribution < 1.29 is 96.9 Å². The second-order valence-electron chi connectivity index (χ2n) is 26.0. The van der Waals surface area contributed by atoms with Crippen LogP contribution in [0.25, 0.3) is 0 Å². The molecule has 2 heterocycles. The summed E-state index contributed by atoms with van der Waals surface area (Å²) >= 11 is 0. The Hall–Kier alpha value is -5.37. The van der Waals surface area contributed by atoms with Gasteiger partial charge in [-0.15, -0.1) is 0 Å². The number of carbonyl (C=O) groups excluding carboxylic acids is 4. The lowest BCUT2D eigenvalue weighted by atomic mass is 9.94. The summed E-state index contributed by atoms with van der Waals surface area (Å²) in [6.45, 7) is 25.9. The number of ether oxygens (including phenoxy) is 9. The van der Waals surface area contributed by atoms with Crippen molar-refractivity contribution in [1.29, 1.82) is 0 Å². The van der Waals surface area contributed by atoms with Gasteiger partial charge in [0, 0.05) is 81.8 Å². The Labute approximate surface area is 502 Å². The monoisotopic (exact) mass is 1200 g/mol. The molecule has 4 rings (SSSR count). The Kier molecular flexibility index (Phi) is 26.7. The van der Waals surface area contributed by atoms with E-state index >= 15 is 0 Å². The van der Waals surface area contributed by atoms with Gasteiger partial charge in [-0.2, -0.15) is 0 Å². The number of carboxylic acid groups (broad SMARTS) is 2. The van der Waals surface area contributed by atoms with Gasteiger partial charge >= 0.3 is 11.9 Å². The largest absolute Gasteiger partial charge is 0.479 e. The quantitative estimate of drug-likeness (QED) is 0.0425. The van der Waals surface area contributed by atoms with E-state index in [-0.39, 0.29) is 86.9 Å². The van der Waals surface area contributed by atoms with E-state index in [4.69, 9.17) is 42.6 Å². The zero-order chi connectivity index (χ0) is 63.7. The molecule has 25 heteroatoms. The first-order valence-corrected chi connectivity index (χ1v) is 29.3. The van der Waals surface area contributed by atoms with E-state index in [2.05, 4.69) is 29.4 Å². The molecular formula is C60H95B2N3O20. The molecule has 2 aliphatic heterocycles. The molecule has 476 valence electrons. The smallest absolute Gasteiger partial charge is 0.333 e. The minimum atomic E-state index is -1.30. The lowest BCUT2D eigenvalue weighted by Crippen LogP contribution is -2.49. The van der Waals surface area contributed by atoms with Crippen LogP contribution in [0, 0.1) is 0 Å². The summed E-state index contributed by atoms with van der Waals surface area (Å²) in [5.74, 6) is -4.35. The fourth-order valence-corrected chi connectivity index (χ4v) is 9.52. The third-order valence-electron chi connectivity index (χ3n) is 15.2. The number of benzene rings is 2.